The third kappa shape index (κ3) is 3.90. The largest absolute Gasteiger partial charge is 0.316 e. The van der Waals surface area contributed by atoms with E-state index in [4.69, 9.17) is 0 Å². The highest BCUT2D eigenvalue weighted by Crippen LogP contribution is 2.41. The molecule has 150 valence electrons. The molecule has 0 N–H and O–H groups in total. The Balaban J connectivity index is 1.71. The summed E-state index contributed by atoms with van der Waals surface area (Å²) < 4.78 is 24.2. The van der Waals surface area contributed by atoms with Crippen molar-refractivity contribution in [2.45, 2.75) is 18.2 Å². The van der Waals surface area contributed by atoms with Crippen LogP contribution in [0.2, 0.25) is 0 Å². The number of amidine groups is 1. The average molecular weight is 431 g/mol. The lowest BCUT2D eigenvalue weighted by Crippen LogP contribution is -2.37. The predicted octanol–water partition coefficient (Wildman–Crippen LogP) is 2.82. The molecule has 2 aromatic rings. The molecule has 0 aliphatic carbocycles. The van der Waals surface area contributed by atoms with Gasteiger partial charge in [0.1, 0.15) is 0 Å². The van der Waals surface area contributed by atoms with Gasteiger partial charge >= 0.3 is 0 Å². The summed E-state index contributed by atoms with van der Waals surface area (Å²) in [6.45, 7) is 1.95. The summed E-state index contributed by atoms with van der Waals surface area (Å²) in [4.78, 5) is 29.1. The first-order valence-electron chi connectivity index (χ1n) is 8.84. The van der Waals surface area contributed by atoms with Crippen molar-refractivity contribution in [1.82, 2.24) is 0 Å². The first kappa shape index (κ1) is 19.6. The van der Waals surface area contributed by atoms with Crippen LogP contribution in [0.25, 0.3) is 0 Å². The Labute approximate surface area is 171 Å². The third-order valence-electron chi connectivity index (χ3n) is 4.88. The Morgan fingerprint density at radius 2 is 1.93 bits per heavy atom. The molecule has 10 heteroatoms. The van der Waals surface area contributed by atoms with E-state index < -0.39 is 20.7 Å². The van der Waals surface area contributed by atoms with Crippen molar-refractivity contribution in [3.63, 3.8) is 0 Å². The highest BCUT2D eigenvalue weighted by molar-refractivity contribution is 8.16. The van der Waals surface area contributed by atoms with Crippen LogP contribution in [0.4, 0.5) is 11.4 Å². The first-order valence-corrected chi connectivity index (χ1v) is 11.5. The third-order valence-corrected chi connectivity index (χ3v) is 8.09. The number of anilines is 1. The zero-order chi connectivity index (χ0) is 20.8. The number of aryl methyl sites for hydroxylation is 1. The van der Waals surface area contributed by atoms with Crippen molar-refractivity contribution in [2.75, 3.05) is 16.4 Å². The number of thioether (sulfide) groups is 1. The number of nitrogens with zero attached hydrogens (tertiary/aromatic N) is 3. The number of non-ortho nitro benzene ring substituents is 1. The second kappa shape index (κ2) is 7.27. The number of rotatable bonds is 3. The second-order valence-electron chi connectivity index (χ2n) is 7.01. The number of aliphatic imine (C=N–C) groups is 1. The molecular formula is C19H17N3O5S2. The minimum atomic E-state index is -3.15. The number of nitro benzene ring substituents is 1. The van der Waals surface area contributed by atoms with Crippen molar-refractivity contribution >= 4 is 44.0 Å². The number of sulfone groups is 1. The van der Waals surface area contributed by atoms with E-state index in [1.807, 2.05) is 31.2 Å². The fraction of sp³-hybridized carbons (Fsp3) is 0.263. The Kier molecular flexibility index (Phi) is 4.91. The normalized spacial score (nSPS) is 23.9. The molecule has 29 heavy (non-hydrogen) atoms. The Hall–Kier alpha value is -2.72. The smallest absolute Gasteiger partial charge is 0.279 e. The van der Waals surface area contributed by atoms with Gasteiger partial charge < -0.3 is 4.90 Å². The number of hydrogen-bond donors (Lipinski definition) is 0. The van der Waals surface area contributed by atoms with Crippen LogP contribution in [-0.2, 0) is 9.84 Å². The number of carbonyl (C=O) groups excluding carboxylic acids is 1. The molecule has 4 rings (SSSR count). The van der Waals surface area contributed by atoms with E-state index in [-0.39, 0.29) is 34.0 Å². The maximum Gasteiger partial charge on any atom is 0.279 e. The lowest BCUT2D eigenvalue weighted by Gasteiger charge is -2.24. The number of nitro groups is 1. The standard InChI is InChI=1S/C19H17N3O5S2/c1-12-5-7-14(8-6-12)21-16-10-29(26,27)11-17(16)28-19(21)20-18(23)13-3-2-4-15(9-13)22(24)25/h2-9,16-17H,10-11H2,1H3/t16-,17+/m1/s1. The van der Waals surface area contributed by atoms with E-state index in [0.29, 0.717) is 5.17 Å². The fourth-order valence-electron chi connectivity index (χ4n) is 3.48. The number of carbonyl (C=O) groups is 1. The van der Waals surface area contributed by atoms with Gasteiger partial charge in [-0.2, -0.15) is 4.99 Å². The highest BCUT2D eigenvalue weighted by Gasteiger charge is 2.49. The van der Waals surface area contributed by atoms with Gasteiger partial charge in [0.15, 0.2) is 15.0 Å². The van der Waals surface area contributed by atoms with Crippen molar-refractivity contribution < 1.29 is 18.1 Å². The summed E-state index contributed by atoms with van der Waals surface area (Å²) in [6, 6.07) is 12.7. The quantitative estimate of drug-likeness (QED) is 0.543. The minimum absolute atomic E-state index is 0.00254. The van der Waals surface area contributed by atoms with E-state index >= 15 is 0 Å². The lowest BCUT2D eigenvalue weighted by molar-refractivity contribution is -0.384. The summed E-state index contributed by atoms with van der Waals surface area (Å²) >= 11 is 1.27. The van der Waals surface area contributed by atoms with Crippen LogP contribution in [0.3, 0.4) is 0 Å². The molecular weight excluding hydrogens is 414 g/mol. The maximum absolute atomic E-state index is 12.7. The summed E-state index contributed by atoms with van der Waals surface area (Å²) in [5, 5.41) is 11.2. The van der Waals surface area contributed by atoms with Crippen LogP contribution in [0.1, 0.15) is 15.9 Å². The Bertz CT molecular complexity index is 1130. The van der Waals surface area contributed by atoms with Gasteiger partial charge in [-0.1, -0.05) is 35.5 Å². The molecule has 0 aromatic heterocycles. The van der Waals surface area contributed by atoms with E-state index in [1.54, 1.807) is 4.90 Å². The van der Waals surface area contributed by atoms with E-state index in [9.17, 15) is 23.3 Å². The lowest BCUT2D eigenvalue weighted by atomic mass is 10.1. The van der Waals surface area contributed by atoms with Gasteiger partial charge in [-0.15, -0.1) is 0 Å². The molecule has 2 atom stereocenters. The van der Waals surface area contributed by atoms with Crippen LogP contribution in [0, 0.1) is 17.0 Å². The van der Waals surface area contributed by atoms with Gasteiger partial charge in [-0.05, 0) is 25.1 Å². The van der Waals surface area contributed by atoms with E-state index in [1.165, 1.54) is 36.0 Å². The number of hydrogen-bond acceptors (Lipinski definition) is 6. The van der Waals surface area contributed by atoms with Crippen LogP contribution in [0.5, 0.6) is 0 Å². The predicted molar refractivity (Wildman–Crippen MR) is 112 cm³/mol. The molecule has 2 fully saturated rings. The topological polar surface area (TPSA) is 110 Å². The molecule has 0 radical (unpaired) electrons. The van der Waals surface area contributed by atoms with Crippen molar-refractivity contribution in [2.24, 2.45) is 4.99 Å². The molecule has 0 spiro atoms. The van der Waals surface area contributed by atoms with Gasteiger partial charge in [0.2, 0.25) is 0 Å². The SMILES string of the molecule is Cc1ccc(N2C(=NC(=O)c3cccc([N+](=O)[O-])c3)S[C@H]3CS(=O)(=O)C[C@H]32)cc1. The van der Waals surface area contributed by atoms with Crippen LogP contribution < -0.4 is 4.90 Å². The monoisotopic (exact) mass is 431 g/mol. The molecule has 2 aliphatic heterocycles. The van der Waals surface area contributed by atoms with Gasteiger partial charge in [0.25, 0.3) is 11.6 Å². The molecule has 2 aromatic carbocycles. The maximum atomic E-state index is 12.7. The van der Waals surface area contributed by atoms with Crippen LogP contribution >= 0.6 is 11.8 Å². The van der Waals surface area contributed by atoms with Crippen LogP contribution in [0.15, 0.2) is 53.5 Å². The van der Waals surface area contributed by atoms with E-state index in [0.717, 1.165) is 11.3 Å². The number of benzene rings is 2. The van der Waals surface area contributed by atoms with Gasteiger partial charge in [0.05, 0.1) is 22.5 Å². The Morgan fingerprint density at radius 3 is 2.62 bits per heavy atom. The number of amides is 1. The number of fused-ring (bicyclic) bond motifs is 1. The zero-order valence-electron chi connectivity index (χ0n) is 15.4. The molecule has 2 saturated heterocycles. The Morgan fingerprint density at radius 1 is 1.21 bits per heavy atom. The van der Waals surface area contributed by atoms with Crippen LogP contribution in [-0.4, -0.2) is 47.2 Å². The molecule has 0 unspecified atom stereocenters. The molecule has 0 bridgehead atoms. The van der Waals surface area contributed by atoms with Crippen molar-refractivity contribution in [3.8, 4) is 0 Å². The highest BCUT2D eigenvalue weighted by atomic mass is 32.2. The molecule has 2 heterocycles. The van der Waals surface area contributed by atoms with Crippen molar-refractivity contribution in [3.05, 3.63) is 69.8 Å². The first-order chi connectivity index (χ1) is 13.7. The summed E-state index contributed by atoms with van der Waals surface area (Å²) in [7, 11) is -3.15. The fourth-order valence-corrected chi connectivity index (χ4v) is 7.39. The molecule has 8 nitrogen and oxygen atoms in total. The minimum Gasteiger partial charge on any atom is -0.316 e. The average Bonchev–Trinajstić information content (AvgIpc) is 3.13. The van der Waals surface area contributed by atoms with Gasteiger partial charge in [-0.25, -0.2) is 8.42 Å². The molecule has 0 saturated carbocycles. The summed E-state index contributed by atoms with van der Waals surface area (Å²) in [5.74, 6) is -0.562. The second-order valence-corrected chi connectivity index (χ2v) is 10.4. The molecule has 1 amide bonds. The van der Waals surface area contributed by atoms with Gasteiger partial charge in [-0.3, -0.25) is 14.9 Å². The zero-order valence-corrected chi connectivity index (χ0v) is 17.0. The summed E-state index contributed by atoms with van der Waals surface area (Å²) in [5.41, 5.74) is 1.75. The van der Waals surface area contributed by atoms with Gasteiger partial charge in [0, 0.05) is 28.6 Å². The van der Waals surface area contributed by atoms with E-state index in [2.05, 4.69) is 4.99 Å². The summed E-state index contributed by atoms with van der Waals surface area (Å²) in [6.07, 6.45) is 0. The van der Waals surface area contributed by atoms with Crippen molar-refractivity contribution in [1.29, 1.82) is 0 Å². The molecule has 2 aliphatic rings.